The van der Waals surface area contributed by atoms with Gasteiger partial charge in [-0.05, 0) is 46.9 Å². The minimum atomic E-state index is -3.40. The maximum Gasteiger partial charge on any atom is 0.388 e. The van der Waals surface area contributed by atoms with Crippen molar-refractivity contribution in [3.8, 4) is 0 Å². The van der Waals surface area contributed by atoms with E-state index in [1.54, 1.807) is 0 Å². The van der Waals surface area contributed by atoms with Crippen LogP contribution in [0.1, 0.15) is 0 Å². The van der Waals surface area contributed by atoms with Gasteiger partial charge in [-0.15, -0.1) is 13.2 Å². The standard InChI is InChI=1S/C32H38O3Si4/c1-7-36(3,4)33-38(29-21-13-9-14-22-29,30-23-15-10-16-24-30)35-39(34-37(5,6)8-2,31-25-17-11-18-26-31)32-27-19-12-20-28-32/h7-28H,1-2H2,3-6H3. The van der Waals surface area contributed by atoms with Crippen LogP contribution in [0.2, 0.25) is 26.2 Å². The lowest BCUT2D eigenvalue weighted by atomic mass is 10.4. The van der Waals surface area contributed by atoms with Gasteiger partial charge in [0.2, 0.25) is 16.6 Å². The van der Waals surface area contributed by atoms with Gasteiger partial charge in [-0.1, -0.05) is 133 Å². The Morgan fingerprint density at radius 2 is 0.641 bits per heavy atom. The predicted molar refractivity (Wildman–Crippen MR) is 174 cm³/mol. The highest BCUT2D eigenvalue weighted by Gasteiger charge is 2.57. The maximum atomic E-state index is 7.85. The van der Waals surface area contributed by atoms with E-state index in [0.717, 1.165) is 20.7 Å². The molecule has 0 heterocycles. The molecule has 4 rings (SSSR count). The first-order valence-corrected chi connectivity index (χ1v) is 22.9. The van der Waals surface area contributed by atoms with Crippen LogP contribution in [-0.2, 0) is 12.3 Å². The molecule has 0 saturated heterocycles. The molecule has 0 aliphatic carbocycles. The molecule has 0 aromatic heterocycles. The monoisotopic (exact) mass is 582 g/mol. The molecule has 3 nitrogen and oxygen atoms in total. The highest BCUT2D eigenvalue weighted by Crippen LogP contribution is 2.26. The van der Waals surface area contributed by atoms with E-state index >= 15 is 0 Å². The fourth-order valence-corrected chi connectivity index (χ4v) is 20.8. The molecule has 0 radical (unpaired) electrons. The van der Waals surface area contributed by atoms with Gasteiger partial charge in [0.05, 0.1) is 0 Å². The van der Waals surface area contributed by atoms with Crippen LogP contribution >= 0.6 is 0 Å². The molecule has 0 aliphatic heterocycles. The van der Waals surface area contributed by atoms with Gasteiger partial charge in [0.25, 0.3) is 0 Å². The van der Waals surface area contributed by atoms with E-state index in [1.807, 2.05) is 35.7 Å². The van der Waals surface area contributed by atoms with Crippen molar-refractivity contribution in [2.75, 3.05) is 0 Å². The molecule has 7 heteroatoms. The van der Waals surface area contributed by atoms with E-state index in [-0.39, 0.29) is 0 Å². The molecule has 4 aromatic carbocycles. The van der Waals surface area contributed by atoms with Gasteiger partial charge in [-0.3, -0.25) is 0 Å². The normalized spacial score (nSPS) is 12.6. The Morgan fingerprint density at radius 3 is 0.846 bits per heavy atom. The predicted octanol–water partition coefficient (Wildman–Crippen LogP) is 5.41. The first kappa shape index (κ1) is 29.1. The minimum Gasteiger partial charge on any atom is -0.426 e. The van der Waals surface area contributed by atoms with Crippen LogP contribution in [0.4, 0.5) is 0 Å². The average molecular weight is 583 g/mol. The van der Waals surface area contributed by atoms with Crippen LogP contribution in [-0.4, -0.2) is 33.8 Å². The lowest BCUT2D eigenvalue weighted by molar-refractivity contribution is 0.357. The quantitative estimate of drug-likeness (QED) is 0.209. The molecule has 0 spiro atoms. The molecule has 0 bridgehead atoms. The van der Waals surface area contributed by atoms with Gasteiger partial charge in [0.1, 0.15) is 0 Å². The fourth-order valence-electron chi connectivity index (χ4n) is 4.50. The Morgan fingerprint density at radius 1 is 0.410 bits per heavy atom. The molecule has 0 saturated carbocycles. The summed E-state index contributed by atoms with van der Waals surface area (Å²) in [6.45, 7) is 17.0. The molecule has 0 unspecified atom stereocenters. The van der Waals surface area contributed by atoms with Crippen molar-refractivity contribution in [1.29, 1.82) is 0 Å². The molecule has 0 fully saturated rings. The van der Waals surface area contributed by atoms with Gasteiger partial charge < -0.3 is 12.3 Å². The van der Waals surface area contributed by atoms with Gasteiger partial charge in [-0.25, -0.2) is 0 Å². The first-order chi connectivity index (χ1) is 18.7. The third kappa shape index (κ3) is 6.47. The summed E-state index contributed by atoms with van der Waals surface area (Å²) in [7, 11) is -11.6. The largest absolute Gasteiger partial charge is 0.426 e. The lowest BCUT2D eigenvalue weighted by Gasteiger charge is -2.46. The Kier molecular flexibility index (Phi) is 9.03. The van der Waals surface area contributed by atoms with Gasteiger partial charge in [0, 0.05) is 0 Å². The lowest BCUT2D eigenvalue weighted by Crippen LogP contribution is -2.78. The summed E-state index contributed by atoms with van der Waals surface area (Å²) in [5, 5.41) is 4.18. The van der Waals surface area contributed by atoms with Crippen molar-refractivity contribution in [3.63, 3.8) is 0 Å². The molecular weight excluding hydrogens is 545 g/mol. The summed E-state index contributed by atoms with van der Waals surface area (Å²) in [5.74, 6) is 0. The van der Waals surface area contributed by atoms with Crippen molar-refractivity contribution in [2.45, 2.75) is 26.2 Å². The second kappa shape index (κ2) is 12.1. The fraction of sp³-hybridized carbons (Fsp3) is 0.125. The second-order valence-electron chi connectivity index (χ2n) is 10.6. The molecule has 0 aliphatic rings. The highest BCUT2D eigenvalue weighted by molar-refractivity contribution is 7.09. The van der Waals surface area contributed by atoms with E-state index < -0.39 is 33.8 Å². The van der Waals surface area contributed by atoms with Crippen molar-refractivity contribution < 1.29 is 12.3 Å². The van der Waals surface area contributed by atoms with E-state index in [1.165, 1.54) is 0 Å². The van der Waals surface area contributed by atoms with Crippen molar-refractivity contribution in [1.82, 2.24) is 0 Å². The summed E-state index contributed by atoms with van der Waals surface area (Å²) >= 11 is 0. The Balaban J connectivity index is 2.12. The van der Waals surface area contributed by atoms with Gasteiger partial charge in [0.15, 0.2) is 0 Å². The molecule has 0 N–H and O–H groups in total. The molecule has 0 atom stereocenters. The van der Waals surface area contributed by atoms with E-state index in [2.05, 4.69) is 136 Å². The van der Waals surface area contributed by atoms with Crippen LogP contribution in [0, 0.1) is 0 Å². The van der Waals surface area contributed by atoms with E-state index in [0.29, 0.717) is 0 Å². The molecular formula is C32H38O3Si4. The van der Waals surface area contributed by atoms with E-state index in [4.69, 9.17) is 12.3 Å². The Bertz CT molecular complexity index is 1180. The number of rotatable bonds is 12. The van der Waals surface area contributed by atoms with Gasteiger partial charge >= 0.3 is 17.1 Å². The van der Waals surface area contributed by atoms with Crippen LogP contribution in [0.5, 0.6) is 0 Å². The van der Waals surface area contributed by atoms with Crippen LogP contribution in [0.3, 0.4) is 0 Å². The van der Waals surface area contributed by atoms with Gasteiger partial charge in [-0.2, -0.15) is 0 Å². The highest BCUT2D eigenvalue weighted by atomic mass is 28.5. The zero-order valence-corrected chi connectivity index (χ0v) is 27.3. The second-order valence-corrected chi connectivity index (χ2v) is 25.1. The smallest absolute Gasteiger partial charge is 0.388 e. The van der Waals surface area contributed by atoms with Crippen LogP contribution in [0.15, 0.2) is 146 Å². The third-order valence-electron chi connectivity index (χ3n) is 6.70. The average Bonchev–Trinajstić information content (AvgIpc) is 2.98. The zero-order valence-electron chi connectivity index (χ0n) is 23.3. The molecule has 0 amide bonds. The van der Waals surface area contributed by atoms with Crippen molar-refractivity contribution >= 4 is 54.5 Å². The minimum absolute atomic E-state index is 1.05. The molecule has 4 aromatic rings. The van der Waals surface area contributed by atoms with E-state index in [9.17, 15) is 0 Å². The zero-order chi connectivity index (χ0) is 28.0. The number of hydrogen-bond acceptors (Lipinski definition) is 3. The summed E-state index contributed by atoms with van der Waals surface area (Å²) in [4.78, 5) is 0. The summed E-state index contributed by atoms with van der Waals surface area (Å²) < 4.78 is 22.6. The molecule has 39 heavy (non-hydrogen) atoms. The SMILES string of the molecule is C=C[Si](C)(C)O[Si](O[Si](O[Si](C)(C)C=C)(c1ccccc1)c1ccccc1)(c1ccccc1)c1ccccc1. The Hall–Kier alpha value is -2.89. The molecule has 200 valence electrons. The Labute approximate surface area is 238 Å². The summed E-state index contributed by atoms with van der Waals surface area (Å²) in [5.41, 5.74) is 3.98. The summed E-state index contributed by atoms with van der Waals surface area (Å²) in [6.07, 6.45) is 0. The number of hydrogen-bond donors (Lipinski definition) is 0. The topological polar surface area (TPSA) is 27.7 Å². The van der Waals surface area contributed by atoms with Crippen LogP contribution < -0.4 is 20.7 Å². The third-order valence-corrected chi connectivity index (χ3v) is 21.8. The van der Waals surface area contributed by atoms with Crippen LogP contribution in [0.25, 0.3) is 0 Å². The van der Waals surface area contributed by atoms with Crippen molar-refractivity contribution in [3.05, 3.63) is 146 Å². The maximum absolute atomic E-state index is 7.85. The first-order valence-electron chi connectivity index (χ1n) is 13.3. The summed E-state index contributed by atoms with van der Waals surface area (Å²) in [6, 6.07) is 41.7. The van der Waals surface area contributed by atoms with Crippen molar-refractivity contribution in [2.24, 2.45) is 0 Å². The number of benzene rings is 4.